The number of benzene rings is 1. The number of hydrogen-bond acceptors (Lipinski definition) is 2. The standard InChI is InChI=1S/C7H6Cl2O3S.Na/c1-12-7-5(8)2-4(13(10)11)3-6(7)9;/h2-3H,1H3,(H,10,11);. The van der Waals surface area contributed by atoms with Gasteiger partial charge in [-0.05, 0) is 12.1 Å². The van der Waals surface area contributed by atoms with Crippen molar-refractivity contribution in [2.24, 2.45) is 0 Å². The van der Waals surface area contributed by atoms with E-state index in [1.165, 1.54) is 19.2 Å². The fraction of sp³-hybridized carbons (Fsp3) is 0.143. The monoisotopic (exact) mass is 263 g/mol. The smallest absolute Gasteiger partial charge is 0.186 e. The predicted molar refractivity (Wildman–Crippen MR) is 57.8 cm³/mol. The van der Waals surface area contributed by atoms with E-state index in [0.717, 1.165) is 0 Å². The Morgan fingerprint density at radius 2 is 1.79 bits per heavy atom. The first-order chi connectivity index (χ1) is 6.06. The average molecular weight is 264 g/mol. The van der Waals surface area contributed by atoms with E-state index >= 15 is 0 Å². The Kier molecular flexibility index (Phi) is 6.65. The van der Waals surface area contributed by atoms with E-state index in [1.54, 1.807) is 0 Å². The summed E-state index contributed by atoms with van der Waals surface area (Å²) in [7, 11) is 1.42. The molecule has 1 aromatic rings. The Labute approximate surface area is 116 Å². The van der Waals surface area contributed by atoms with Crippen molar-refractivity contribution in [2.45, 2.75) is 4.90 Å². The summed E-state index contributed by atoms with van der Waals surface area (Å²) in [6.45, 7) is 0. The van der Waals surface area contributed by atoms with Gasteiger partial charge in [0.2, 0.25) is 0 Å². The molecule has 1 unspecified atom stereocenters. The van der Waals surface area contributed by atoms with Crippen LogP contribution in [-0.2, 0) is 11.1 Å². The Morgan fingerprint density at radius 1 is 1.36 bits per heavy atom. The topological polar surface area (TPSA) is 46.5 Å². The van der Waals surface area contributed by atoms with E-state index in [4.69, 9.17) is 32.5 Å². The second-order valence-corrected chi connectivity index (χ2v) is 3.95. The van der Waals surface area contributed by atoms with Crippen LogP contribution in [-0.4, -0.2) is 45.4 Å². The van der Waals surface area contributed by atoms with E-state index in [1.807, 2.05) is 0 Å². The molecule has 0 aliphatic heterocycles. The first kappa shape index (κ1) is 14.7. The molecular weight excluding hydrogens is 258 g/mol. The molecule has 1 rings (SSSR count). The molecule has 0 aliphatic rings. The molecule has 0 saturated carbocycles. The van der Waals surface area contributed by atoms with Gasteiger partial charge in [0.25, 0.3) is 0 Å². The maximum absolute atomic E-state index is 10.7. The third-order valence-corrected chi connectivity index (χ3v) is 2.58. The molecule has 0 aliphatic carbocycles. The molecule has 0 spiro atoms. The Hall–Kier alpha value is 0.710. The van der Waals surface area contributed by atoms with E-state index in [2.05, 4.69) is 0 Å². The van der Waals surface area contributed by atoms with Crippen LogP contribution in [0.4, 0.5) is 0 Å². The van der Waals surface area contributed by atoms with Crippen LogP contribution in [0.2, 0.25) is 10.0 Å². The van der Waals surface area contributed by atoms with Crippen LogP contribution in [0.5, 0.6) is 5.75 Å². The van der Waals surface area contributed by atoms with Crippen LogP contribution >= 0.6 is 23.2 Å². The molecule has 0 amide bonds. The molecule has 7 heteroatoms. The molecule has 0 heterocycles. The normalized spacial score (nSPS) is 11.7. The predicted octanol–water partition coefficient (Wildman–Crippen LogP) is 2.20. The summed E-state index contributed by atoms with van der Waals surface area (Å²) < 4.78 is 24.3. The number of ether oxygens (including phenoxy) is 1. The number of methoxy groups -OCH3 is 1. The van der Waals surface area contributed by atoms with Gasteiger partial charge in [-0.15, -0.1) is 0 Å². The third-order valence-electron chi connectivity index (χ3n) is 1.38. The molecule has 14 heavy (non-hydrogen) atoms. The molecule has 0 fully saturated rings. The van der Waals surface area contributed by atoms with Crippen molar-refractivity contribution >= 4 is 63.8 Å². The van der Waals surface area contributed by atoms with E-state index < -0.39 is 11.1 Å². The fourth-order valence-corrected chi connectivity index (χ4v) is 2.04. The van der Waals surface area contributed by atoms with Gasteiger partial charge in [0.05, 0.1) is 22.1 Å². The number of halogens is 2. The van der Waals surface area contributed by atoms with Crippen molar-refractivity contribution in [3.8, 4) is 5.75 Å². The minimum absolute atomic E-state index is 0. The van der Waals surface area contributed by atoms with E-state index in [0.29, 0.717) is 5.75 Å². The molecule has 73 valence electrons. The van der Waals surface area contributed by atoms with Crippen LogP contribution in [0.15, 0.2) is 17.0 Å². The Bertz CT molecular complexity index is 336. The summed E-state index contributed by atoms with van der Waals surface area (Å²) in [6, 6.07) is 2.67. The van der Waals surface area contributed by atoms with Crippen LogP contribution < -0.4 is 4.74 Å². The van der Waals surface area contributed by atoms with Crippen molar-refractivity contribution < 1.29 is 13.5 Å². The minimum atomic E-state index is -2.08. The van der Waals surface area contributed by atoms with Crippen molar-refractivity contribution in [2.75, 3.05) is 7.11 Å². The van der Waals surface area contributed by atoms with Crippen LogP contribution in [0.25, 0.3) is 0 Å². The molecule has 1 N–H and O–H groups in total. The van der Waals surface area contributed by atoms with Crippen molar-refractivity contribution in [1.29, 1.82) is 0 Å². The second-order valence-electron chi connectivity index (χ2n) is 2.17. The number of rotatable bonds is 2. The molecule has 0 aromatic heterocycles. The largest absolute Gasteiger partial charge is 0.494 e. The van der Waals surface area contributed by atoms with Gasteiger partial charge in [-0.25, -0.2) is 4.21 Å². The summed E-state index contributed by atoms with van der Waals surface area (Å²) >= 11 is 9.36. The van der Waals surface area contributed by atoms with Crippen molar-refractivity contribution in [3.05, 3.63) is 22.2 Å². The maximum atomic E-state index is 10.7. The van der Waals surface area contributed by atoms with Gasteiger partial charge in [-0.3, -0.25) is 0 Å². The summed E-state index contributed by atoms with van der Waals surface area (Å²) in [5.41, 5.74) is 0. The molecule has 1 radical (unpaired) electrons. The van der Waals surface area contributed by atoms with Crippen LogP contribution in [0.3, 0.4) is 0 Å². The van der Waals surface area contributed by atoms with Gasteiger partial charge < -0.3 is 9.29 Å². The zero-order valence-electron chi connectivity index (χ0n) is 7.58. The first-order valence-electron chi connectivity index (χ1n) is 3.20. The van der Waals surface area contributed by atoms with Gasteiger partial charge in [0.1, 0.15) is 0 Å². The fourth-order valence-electron chi connectivity index (χ4n) is 0.832. The van der Waals surface area contributed by atoms with E-state index in [-0.39, 0.29) is 44.5 Å². The summed E-state index contributed by atoms with van der Waals surface area (Å²) in [6.07, 6.45) is 0. The van der Waals surface area contributed by atoms with Crippen molar-refractivity contribution in [3.63, 3.8) is 0 Å². The second kappa shape index (κ2) is 6.33. The zero-order chi connectivity index (χ0) is 10.0. The summed E-state index contributed by atoms with van der Waals surface area (Å²) in [5, 5.41) is 0.430. The summed E-state index contributed by atoms with van der Waals surface area (Å²) in [5.74, 6) is 0.303. The Balaban J connectivity index is 0.00000169. The van der Waals surface area contributed by atoms with E-state index in [9.17, 15) is 4.21 Å². The van der Waals surface area contributed by atoms with Gasteiger partial charge >= 0.3 is 0 Å². The average Bonchev–Trinajstić information content (AvgIpc) is 2.03. The molecule has 1 atom stereocenters. The molecule has 1 aromatic carbocycles. The summed E-state index contributed by atoms with van der Waals surface area (Å²) in [4.78, 5) is 0.149. The van der Waals surface area contributed by atoms with Gasteiger partial charge in [0, 0.05) is 29.6 Å². The molecule has 3 nitrogen and oxygen atoms in total. The van der Waals surface area contributed by atoms with Gasteiger partial charge in [-0.1, -0.05) is 23.2 Å². The first-order valence-corrected chi connectivity index (χ1v) is 5.06. The molecular formula is C7H6Cl2NaO3S. The SMILES string of the molecule is COc1c(Cl)cc(S(=O)O)cc1Cl.[Na]. The zero-order valence-corrected chi connectivity index (χ0v) is 11.9. The van der Waals surface area contributed by atoms with Crippen LogP contribution in [0, 0.1) is 0 Å². The minimum Gasteiger partial charge on any atom is -0.494 e. The molecule has 0 bridgehead atoms. The molecule has 0 saturated heterocycles. The van der Waals surface area contributed by atoms with Crippen molar-refractivity contribution in [1.82, 2.24) is 0 Å². The third kappa shape index (κ3) is 3.38. The number of hydrogen-bond donors (Lipinski definition) is 1. The van der Waals surface area contributed by atoms with Gasteiger partial charge in [0.15, 0.2) is 16.8 Å². The quantitative estimate of drug-likeness (QED) is 0.658. The van der Waals surface area contributed by atoms with Gasteiger partial charge in [-0.2, -0.15) is 0 Å². The van der Waals surface area contributed by atoms with Crippen LogP contribution in [0.1, 0.15) is 0 Å². The Morgan fingerprint density at radius 3 is 2.07 bits per heavy atom. The maximum Gasteiger partial charge on any atom is 0.186 e.